The minimum atomic E-state index is -0.220. The Morgan fingerprint density at radius 2 is 1.83 bits per heavy atom. The predicted octanol–water partition coefficient (Wildman–Crippen LogP) is 4.63. The second kappa shape index (κ2) is 7.73. The monoisotopic (exact) mass is 357 g/mol. The van der Waals surface area contributed by atoms with E-state index in [1.54, 1.807) is 0 Å². The second-order valence-electron chi connectivity index (χ2n) is 5.60. The van der Waals surface area contributed by atoms with Crippen molar-refractivity contribution >= 4 is 23.1 Å². The lowest BCUT2D eigenvalue weighted by molar-refractivity contribution is 0.448. The molecule has 5 heteroatoms. The Bertz CT molecular complexity index is 838. The average molecular weight is 358 g/mol. The fourth-order valence-corrected chi connectivity index (χ4v) is 4.27. The first-order chi connectivity index (χ1) is 11.6. The van der Waals surface area contributed by atoms with Gasteiger partial charge in [0.15, 0.2) is 0 Å². The molecule has 0 saturated carbocycles. The van der Waals surface area contributed by atoms with E-state index in [1.165, 1.54) is 10.5 Å². The van der Waals surface area contributed by atoms with Crippen LogP contribution in [0.5, 0.6) is 5.88 Å². The SMILES string of the molecule is CC(c1ccc(SCCc2ccccc2)cc1)c1sc(=O)[nH]c1O. The third-order valence-electron chi connectivity index (χ3n) is 3.93. The highest BCUT2D eigenvalue weighted by Crippen LogP contribution is 2.32. The van der Waals surface area contributed by atoms with Crippen molar-refractivity contribution in [2.75, 3.05) is 5.75 Å². The van der Waals surface area contributed by atoms with Gasteiger partial charge in [-0.1, -0.05) is 60.7 Å². The van der Waals surface area contributed by atoms with Crippen molar-refractivity contribution in [1.29, 1.82) is 0 Å². The molecule has 0 aliphatic carbocycles. The number of thioether (sulfide) groups is 1. The molecule has 0 aliphatic heterocycles. The number of aromatic amines is 1. The summed E-state index contributed by atoms with van der Waals surface area (Å²) >= 11 is 2.90. The van der Waals surface area contributed by atoms with E-state index < -0.39 is 0 Å². The molecular weight excluding hydrogens is 338 g/mol. The lowest BCUT2D eigenvalue weighted by Crippen LogP contribution is -1.94. The van der Waals surface area contributed by atoms with Crippen molar-refractivity contribution in [3.63, 3.8) is 0 Å². The first kappa shape index (κ1) is 16.9. The Morgan fingerprint density at radius 3 is 2.46 bits per heavy atom. The molecule has 1 aromatic heterocycles. The second-order valence-corrected chi connectivity index (χ2v) is 7.79. The summed E-state index contributed by atoms with van der Waals surface area (Å²) in [5.74, 6) is 1.02. The highest BCUT2D eigenvalue weighted by atomic mass is 32.2. The van der Waals surface area contributed by atoms with Crippen LogP contribution >= 0.6 is 23.1 Å². The minimum Gasteiger partial charge on any atom is -0.494 e. The standard InChI is InChI=1S/C19H19NO2S2/c1-13(17-18(21)20-19(22)24-17)15-7-9-16(10-8-15)23-12-11-14-5-3-2-4-6-14/h2-10,13,21H,11-12H2,1H3,(H,20,22). The van der Waals surface area contributed by atoms with Crippen LogP contribution < -0.4 is 4.87 Å². The van der Waals surface area contributed by atoms with Crippen molar-refractivity contribution in [3.8, 4) is 5.88 Å². The van der Waals surface area contributed by atoms with E-state index in [4.69, 9.17) is 0 Å². The van der Waals surface area contributed by atoms with E-state index in [0.717, 1.165) is 29.1 Å². The Hall–Kier alpha value is -1.98. The van der Waals surface area contributed by atoms with Gasteiger partial charge in [0.05, 0.1) is 4.88 Å². The molecule has 1 atom stereocenters. The van der Waals surface area contributed by atoms with E-state index in [9.17, 15) is 9.90 Å². The van der Waals surface area contributed by atoms with Crippen LogP contribution in [0.25, 0.3) is 0 Å². The normalized spacial score (nSPS) is 12.2. The van der Waals surface area contributed by atoms with Crippen LogP contribution in [0.3, 0.4) is 0 Å². The molecule has 0 spiro atoms. The highest BCUT2D eigenvalue weighted by Gasteiger charge is 2.16. The number of rotatable bonds is 6. The molecule has 24 heavy (non-hydrogen) atoms. The maximum Gasteiger partial charge on any atom is 0.307 e. The molecule has 0 fully saturated rings. The molecule has 0 radical (unpaired) electrons. The van der Waals surface area contributed by atoms with Gasteiger partial charge in [-0.3, -0.25) is 9.78 Å². The summed E-state index contributed by atoms with van der Waals surface area (Å²) in [6, 6.07) is 18.8. The maximum absolute atomic E-state index is 11.3. The van der Waals surface area contributed by atoms with Gasteiger partial charge in [-0.2, -0.15) is 0 Å². The zero-order chi connectivity index (χ0) is 16.9. The highest BCUT2D eigenvalue weighted by molar-refractivity contribution is 7.99. The summed E-state index contributed by atoms with van der Waals surface area (Å²) in [6.45, 7) is 2.00. The molecule has 1 heterocycles. The predicted molar refractivity (Wildman–Crippen MR) is 101 cm³/mol. The van der Waals surface area contributed by atoms with Crippen molar-refractivity contribution in [1.82, 2.24) is 4.98 Å². The number of H-pyrrole nitrogens is 1. The van der Waals surface area contributed by atoms with Gasteiger partial charge >= 0.3 is 4.87 Å². The van der Waals surface area contributed by atoms with Crippen LogP contribution in [0.4, 0.5) is 0 Å². The topological polar surface area (TPSA) is 53.1 Å². The lowest BCUT2D eigenvalue weighted by atomic mass is 10.00. The molecule has 3 aromatic rings. The molecule has 3 nitrogen and oxygen atoms in total. The van der Waals surface area contributed by atoms with E-state index in [0.29, 0.717) is 4.88 Å². The molecule has 0 amide bonds. The summed E-state index contributed by atoms with van der Waals surface area (Å²) in [5, 5.41) is 9.79. The third-order valence-corrected chi connectivity index (χ3v) is 6.00. The number of thiazole rings is 1. The molecule has 0 saturated heterocycles. The quantitative estimate of drug-likeness (QED) is 0.633. The average Bonchev–Trinajstić information content (AvgIpc) is 2.94. The van der Waals surface area contributed by atoms with E-state index in [-0.39, 0.29) is 16.7 Å². The molecule has 2 N–H and O–H groups in total. The van der Waals surface area contributed by atoms with Crippen LogP contribution in [0.15, 0.2) is 64.3 Å². The first-order valence-electron chi connectivity index (χ1n) is 7.82. The van der Waals surface area contributed by atoms with Gasteiger partial charge in [-0.15, -0.1) is 11.8 Å². The van der Waals surface area contributed by atoms with Crippen molar-refractivity contribution in [3.05, 3.63) is 80.3 Å². The summed E-state index contributed by atoms with van der Waals surface area (Å²) in [7, 11) is 0. The van der Waals surface area contributed by atoms with Crippen molar-refractivity contribution in [2.24, 2.45) is 0 Å². The minimum absolute atomic E-state index is 0.00248. The van der Waals surface area contributed by atoms with Crippen LogP contribution in [0.1, 0.15) is 28.8 Å². The molecule has 3 rings (SSSR count). The van der Waals surface area contributed by atoms with Crippen LogP contribution in [0, 0.1) is 0 Å². The number of nitrogens with one attached hydrogen (secondary N) is 1. The van der Waals surface area contributed by atoms with Gasteiger partial charge < -0.3 is 5.11 Å². The van der Waals surface area contributed by atoms with E-state index in [1.807, 2.05) is 24.8 Å². The fourth-order valence-electron chi connectivity index (χ4n) is 2.56. The number of aryl methyl sites for hydroxylation is 1. The van der Waals surface area contributed by atoms with Crippen LogP contribution in [0.2, 0.25) is 0 Å². The van der Waals surface area contributed by atoms with Gasteiger partial charge in [-0.05, 0) is 29.7 Å². The fraction of sp³-hybridized carbons (Fsp3) is 0.211. The number of hydrogen-bond acceptors (Lipinski definition) is 4. The van der Waals surface area contributed by atoms with E-state index >= 15 is 0 Å². The summed E-state index contributed by atoms with van der Waals surface area (Å²) in [4.78, 5) is 15.5. The Morgan fingerprint density at radius 1 is 1.12 bits per heavy atom. The smallest absolute Gasteiger partial charge is 0.307 e. The Kier molecular flexibility index (Phi) is 5.43. The lowest BCUT2D eigenvalue weighted by Gasteiger charge is -2.11. The molecule has 0 aliphatic rings. The third kappa shape index (κ3) is 4.10. The molecular formula is C19H19NO2S2. The Labute approximate surface area is 149 Å². The number of aromatic hydroxyl groups is 1. The molecule has 0 bridgehead atoms. The zero-order valence-corrected chi connectivity index (χ0v) is 15.0. The largest absolute Gasteiger partial charge is 0.494 e. The first-order valence-corrected chi connectivity index (χ1v) is 9.62. The van der Waals surface area contributed by atoms with Crippen molar-refractivity contribution < 1.29 is 5.11 Å². The van der Waals surface area contributed by atoms with Gasteiger partial charge in [0.1, 0.15) is 0 Å². The number of benzene rings is 2. The molecule has 124 valence electrons. The molecule has 1 unspecified atom stereocenters. The van der Waals surface area contributed by atoms with Gasteiger partial charge in [0, 0.05) is 16.6 Å². The van der Waals surface area contributed by atoms with Gasteiger partial charge in [-0.25, -0.2) is 0 Å². The van der Waals surface area contributed by atoms with Crippen molar-refractivity contribution in [2.45, 2.75) is 24.2 Å². The summed E-state index contributed by atoms with van der Waals surface area (Å²) in [5.41, 5.74) is 2.45. The maximum atomic E-state index is 11.3. The van der Waals surface area contributed by atoms with Gasteiger partial charge in [0.25, 0.3) is 0 Å². The number of hydrogen-bond donors (Lipinski definition) is 2. The zero-order valence-electron chi connectivity index (χ0n) is 13.4. The van der Waals surface area contributed by atoms with E-state index in [2.05, 4.69) is 53.5 Å². The van der Waals surface area contributed by atoms with Crippen LogP contribution in [-0.2, 0) is 6.42 Å². The molecule has 2 aromatic carbocycles. The number of aromatic nitrogens is 1. The summed E-state index contributed by atoms with van der Waals surface area (Å²) in [6.07, 6.45) is 1.05. The Balaban J connectivity index is 1.61. The summed E-state index contributed by atoms with van der Waals surface area (Å²) < 4.78 is 0. The van der Waals surface area contributed by atoms with Crippen LogP contribution in [-0.4, -0.2) is 15.8 Å². The van der Waals surface area contributed by atoms with Gasteiger partial charge in [0.2, 0.25) is 5.88 Å².